The van der Waals surface area contributed by atoms with E-state index in [0.717, 1.165) is 0 Å². The van der Waals surface area contributed by atoms with E-state index in [0.29, 0.717) is 0 Å². The zero-order chi connectivity index (χ0) is 19.8. The second-order valence-electron chi connectivity index (χ2n) is 8.78. The van der Waals surface area contributed by atoms with Crippen molar-refractivity contribution in [3.63, 3.8) is 0 Å². The van der Waals surface area contributed by atoms with Crippen LogP contribution >= 0.6 is 0 Å². The van der Waals surface area contributed by atoms with E-state index in [1.54, 1.807) is 0 Å². The number of hydrogen-bond acceptors (Lipinski definition) is 0. The van der Waals surface area contributed by atoms with E-state index in [1.807, 2.05) is 0 Å². The highest BCUT2D eigenvalue weighted by atomic mass is 15.0. The van der Waals surface area contributed by atoms with E-state index >= 15 is 0 Å². The molecule has 0 radical (unpaired) electrons. The molecule has 1 aromatic heterocycles. The van der Waals surface area contributed by atoms with Gasteiger partial charge < -0.3 is 4.57 Å². The Morgan fingerprint density at radius 3 is 2.21 bits per heavy atom. The van der Waals surface area contributed by atoms with Crippen molar-refractivity contribution in [2.75, 3.05) is 0 Å². The molecular weight excluding hydrogens is 349 g/mol. The van der Waals surface area contributed by atoms with Crippen molar-refractivity contribution in [2.45, 2.75) is 19.3 Å². The number of para-hydroxylation sites is 1. The van der Waals surface area contributed by atoms with Gasteiger partial charge >= 0.3 is 0 Å². The van der Waals surface area contributed by atoms with Gasteiger partial charge in [-0.1, -0.05) is 73.9 Å². The number of fused-ring (bicyclic) bond motifs is 6. The molecule has 1 aliphatic rings. The maximum atomic E-state index is 2.44. The molecule has 29 heavy (non-hydrogen) atoms. The molecule has 0 atom stereocenters. The number of rotatable bonds is 1. The fraction of sp³-hybridized carbons (Fsp3) is 0.111. The maximum absolute atomic E-state index is 2.44. The number of aromatic nitrogens is 1. The average molecular weight is 371 g/mol. The summed E-state index contributed by atoms with van der Waals surface area (Å²) in [6.07, 6.45) is 0. The Bertz CT molecular complexity index is 1420. The Hall–Kier alpha value is -3.26. The minimum Gasteiger partial charge on any atom is -0.309 e. The summed E-state index contributed by atoms with van der Waals surface area (Å²) in [7, 11) is 2.18. The van der Waals surface area contributed by atoms with Crippen LogP contribution in [0, 0.1) is 0 Å². The highest BCUT2D eigenvalue weighted by Gasteiger charge is 2.36. The quantitative estimate of drug-likeness (QED) is 0.350. The molecule has 138 valence electrons. The Morgan fingerprint density at radius 1 is 0.655 bits per heavy atom. The first kappa shape index (κ1) is 16.7. The predicted molar refractivity (Wildman–Crippen MR) is 127 cm³/mol. The Morgan fingerprint density at radius 2 is 1.38 bits per heavy atom. The fourth-order valence-corrected chi connectivity index (χ4v) is 5.18. The lowest BCUT2D eigenvalue weighted by Crippen LogP contribution is -2.14. The van der Waals surface area contributed by atoms with Crippen LogP contribution in [0.5, 0.6) is 0 Å². The van der Waals surface area contributed by atoms with Crippen molar-refractivity contribution in [2.24, 2.45) is 0 Å². The maximum Gasteiger partial charge on any atom is 0.139 e. The Kier molecular flexibility index (Phi) is 3.24. The Balaban J connectivity index is 1.80. The van der Waals surface area contributed by atoms with E-state index in [-0.39, 0.29) is 5.41 Å². The third kappa shape index (κ3) is 2.17. The smallest absolute Gasteiger partial charge is 0.139 e. The monoisotopic (exact) mass is 371 g/mol. The van der Waals surface area contributed by atoms with E-state index in [4.69, 9.17) is 0 Å². The molecule has 0 saturated carbocycles. The standard InChI is InChI=1S/C27H22BN/c1-27(2)23-11-7-6-10-19(23)20-15-22-21-14-17(28)12-13-25(21)29(26(22)16-24(20)27)18-8-4-3-5-9-18/h3-16H,28H2,1-2H3. The summed E-state index contributed by atoms with van der Waals surface area (Å²) in [6.45, 7) is 4.70. The van der Waals surface area contributed by atoms with Crippen LogP contribution in [0.4, 0.5) is 0 Å². The Labute approximate surface area is 172 Å². The van der Waals surface area contributed by atoms with E-state index in [9.17, 15) is 0 Å². The molecule has 0 spiro atoms. The molecule has 1 aliphatic carbocycles. The molecule has 4 aromatic carbocycles. The van der Waals surface area contributed by atoms with Gasteiger partial charge in [-0.05, 0) is 52.6 Å². The zero-order valence-corrected chi connectivity index (χ0v) is 17.0. The van der Waals surface area contributed by atoms with Gasteiger partial charge in [-0.3, -0.25) is 0 Å². The zero-order valence-electron chi connectivity index (χ0n) is 17.0. The molecule has 0 aliphatic heterocycles. The van der Waals surface area contributed by atoms with Gasteiger partial charge in [0.1, 0.15) is 7.85 Å². The average Bonchev–Trinajstić information content (AvgIpc) is 3.17. The van der Waals surface area contributed by atoms with Crippen molar-refractivity contribution in [1.29, 1.82) is 0 Å². The largest absolute Gasteiger partial charge is 0.309 e. The lowest BCUT2D eigenvalue weighted by atomic mass is 9.82. The summed E-state index contributed by atoms with van der Waals surface area (Å²) in [4.78, 5) is 0. The first-order valence-corrected chi connectivity index (χ1v) is 10.3. The van der Waals surface area contributed by atoms with Crippen LogP contribution in [-0.2, 0) is 5.41 Å². The van der Waals surface area contributed by atoms with Crippen LogP contribution in [0.3, 0.4) is 0 Å². The van der Waals surface area contributed by atoms with Gasteiger partial charge in [0.05, 0.1) is 11.0 Å². The molecule has 6 rings (SSSR count). The van der Waals surface area contributed by atoms with Crippen molar-refractivity contribution >= 4 is 35.1 Å². The van der Waals surface area contributed by atoms with Crippen LogP contribution < -0.4 is 5.46 Å². The highest BCUT2D eigenvalue weighted by molar-refractivity contribution is 6.34. The minimum atomic E-state index is 0.00794. The van der Waals surface area contributed by atoms with Crippen LogP contribution in [-0.4, -0.2) is 12.4 Å². The van der Waals surface area contributed by atoms with Crippen LogP contribution in [0.1, 0.15) is 25.0 Å². The van der Waals surface area contributed by atoms with Gasteiger partial charge in [-0.15, -0.1) is 0 Å². The second kappa shape index (κ2) is 5.64. The molecule has 0 fully saturated rings. The molecule has 1 heterocycles. The second-order valence-corrected chi connectivity index (χ2v) is 8.78. The topological polar surface area (TPSA) is 4.93 Å². The van der Waals surface area contributed by atoms with E-state index in [1.165, 1.54) is 55.2 Å². The molecule has 0 saturated heterocycles. The SMILES string of the molecule is Bc1ccc2c(c1)c1cc3c(cc1n2-c1ccccc1)C(C)(C)c1ccccc1-3. The lowest BCUT2D eigenvalue weighted by molar-refractivity contribution is 0.661. The van der Waals surface area contributed by atoms with Gasteiger partial charge in [0.15, 0.2) is 0 Å². The van der Waals surface area contributed by atoms with Crippen LogP contribution in [0.15, 0.2) is 84.9 Å². The third-order valence-electron chi connectivity index (χ3n) is 6.64. The molecule has 0 amide bonds. The van der Waals surface area contributed by atoms with Gasteiger partial charge in [0.25, 0.3) is 0 Å². The fourth-order valence-electron chi connectivity index (χ4n) is 5.18. The summed E-state index contributed by atoms with van der Waals surface area (Å²) >= 11 is 0. The first-order valence-electron chi connectivity index (χ1n) is 10.3. The number of benzene rings is 4. The van der Waals surface area contributed by atoms with E-state index in [2.05, 4.69) is 111 Å². The molecule has 0 N–H and O–H groups in total. The normalized spacial score (nSPS) is 14.3. The van der Waals surface area contributed by atoms with Crippen molar-refractivity contribution in [1.82, 2.24) is 4.57 Å². The van der Waals surface area contributed by atoms with E-state index < -0.39 is 0 Å². The van der Waals surface area contributed by atoms with Crippen molar-refractivity contribution in [3.8, 4) is 16.8 Å². The van der Waals surface area contributed by atoms with Gasteiger partial charge in [0.2, 0.25) is 0 Å². The molecule has 1 nitrogen and oxygen atoms in total. The van der Waals surface area contributed by atoms with Crippen LogP contribution in [0.2, 0.25) is 0 Å². The number of hydrogen-bond donors (Lipinski definition) is 0. The van der Waals surface area contributed by atoms with Gasteiger partial charge in [0, 0.05) is 21.9 Å². The summed E-state index contributed by atoms with van der Waals surface area (Å²) < 4.78 is 2.42. The summed E-state index contributed by atoms with van der Waals surface area (Å²) in [5.41, 5.74) is 10.7. The summed E-state index contributed by atoms with van der Waals surface area (Å²) in [5, 5.41) is 2.66. The molecule has 5 aromatic rings. The van der Waals surface area contributed by atoms with Gasteiger partial charge in [-0.25, -0.2) is 0 Å². The highest BCUT2D eigenvalue weighted by Crippen LogP contribution is 2.50. The van der Waals surface area contributed by atoms with Crippen LogP contribution in [0.25, 0.3) is 38.6 Å². The van der Waals surface area contributed by atoms with Crippen molar-refractivity contribution in [3.05, 3.63) is 96.1 Å². The molecule has 0 bridgehead atoms. The number of nitrogens with zero attached hydrogens (tertiary/aromatic N) is 1. The first-order chi connectivity index (χ1) is 14.1. The van der Waals surface area contributed by atoms with Gasteiger partial charge in [-0.2, -0.15) is 0 Å². The summed E-state index contributed by atoms with van der Waals surface area (Å²) in [6, 6.07) is 31.3. The third-order valence-corrected chi connectivity index (χ3v) is 6.64. The lowest BCUT2D eigenvalue weighted by Gasteiger charge is -2.21. The molecule has 2 heteroatoms. The van der Waals surface area contributed by atoms with Crippen molar-refractivity contribution < 1.29 is 0 Å². The summed E-state index contributed by atoms with van der Waals surface area (Å²) in [5.74, 6) is 0. The molecule has 0 unspecified atom stereocenters. The predicted octanol–water partition coefficient (Wildman–Crippen LogP) is 5.35. The molecular formula is C27H22BN. The minimum absolute atomic E-state index is 0.00794.